The van der Waals surface area contributed by atoms with Gasteiger partial charge in [-0.2, -0.15) is 9.97 Å². The number of rotatable bonds is 11. The van der Waals surface area contributed by atoms with E-state index < -0.39 is 0 Å². The molecule has 0 radical (unpaired) electrons. The Hall–Kier alpha value is -3.53. The summed E-state index contributed by atoms with van der Waals surface area (Å²) in [5.41, 5.74) is 2.11. The van der Waals surface area contributed by atoms with Crippen LogP contribution < -0.4 is 24.3 Å². The molecular weight excluding hydrogens is 448 g/mol. The predicted molar refractivity (Wildman–Crippen MR) is 133 cm³/mol. The lowest BCUT2D eigenvalue weighted by Crippen LogP contribution is -2.39. The van der Waals surface area contributed by atoms with Gasteiger partial charge in [-0.25, -0.2) is 0 Å². The van der Waals surface area contributed by atoms with Crippen molar-refractivity contribution in [1.29, 1.82) is 0 Å². The smallest absolute Gasteiger partial charge is 0.324 e. The average molecular weight is 483 g/mol. The second-order valence-corrected chi connectivity index (χ2v) is 8.22. The van der Waals surface area contributed by atoms with Crippen molar-refractivity contribution in [2.24, 2.45) is 0 Å². The third-order valence-electron chi connectivity index (χ3n) is 5.85. The Balaban J connectivity index is 1.43. The lowest BCUT2D eigenvalue weighted by Gasteiger charge is -2.32. The Morgan fingerprint density at radius 2 is 1.46 bits per heavy atom. The van der Waals surface area contributed by atoms with Crippen LogP contribution in [-0.4, -0.2) is 71.0 Å². The summed E-state index contributed by atoms with van der Waals surface area (Å²) in [7, 11) is 3.05. The zero-order valence-electron chi connectivity index (χ0n) is 20.9. The van der Waals surface area contributed by atoms with Crippen LogP contribution in [0.15, 0.2) is 36.7 Å². The molecule has 1 N–H and O–H groups in total. The number of ether oxygens (including phenoxy) is 4. The van der Waals surface area contributed by atoms with Gasteiger partial charge in [0.05, 0.1) is 27.4 Å². The summed E-state index contributed by atoms with van der Waals surface area (Å²) in [6, 6.07) is 8.99. The Kier molecular flexibility index (Phi) is 8.25. The fourth-order valence-corrected chi connectivity index (χ4v) is 4.26. The van der Waals surface area contributed by atoms with Gasteiger partial charge in [-0.15, -0.1) is 4.98 Å². The van der Waals surface area contributed by atoms with Crippen LogP contribution in [0.5, 0.6) is 23.5 Å². The van der Waals surface area contributed by atoms with Gasteiger partial charge >= 0.3 is 12.0 Å². The number of nitrogens with zero attached hydrogens (tertiary/aromatic N) is 5. The molecule has 0 spiro atoms. The maximum absolute atomic E-state index is 6.03. The Morgan fingerprint density at radius 3 is 1.97 bits per heavy atom. The van der Waals surface area contributed by atoms with Crippen LogP contribution in [0.3, 0.4) is 0 Å². The molecule has 1 aliphatic heterocycles. The molecule has 1 saturated heterocycles. The molecule has 2 aromatic heterocycles. The van der Waals surface area contributed by atoms with Crippen molar-refractivity contribution >= 4 is 5.95 Å². The van der Waals surface area contributed by atoms with E-state index in [1.807, 2.05) is 42.9 Å². The Morgan fingerprint density at radius 1 is 0.886 bits per heavy atom. The highest BCUT2D eigenvalue weighted by Gasteiger charge is 2.22. The standard InChI is InChI=1S/C25H34N6O4/c1-5-34-20-15-18(16-21(35-6-2)22(20)31-11-7-8-12-31)17-30-13-9-19(10-14-30)26-23-27-24(32-3)29-25(28-23)33-4/h7-8,11-12,15-16,19H,5-6,9-10,13-14,17H2,1-4H3,(H,26,27,28,29). The highest BCUT2D eigenvalue weighted by molar-refractivity contribution is 5.59. The van der Waals surface area contributed by atoms with E-state index in [1.54, 1.807) is 0 Å². The summed E-state index contributed by atoms with van der Waals surface area (Å²) in [6.45, 7) is 7.91. The van der Waals surface area contributed by atoms with Gasteiger partial charge in [-0.05, 0) is 56.5 Å². The van der Waals surface area contributed by atoms with E-state index in [4.69, 9.17) is 18.9 Å². The molecule has 188 valence electrons. The molecule has 1 aromatic carbocycles. The third-order valence-corrected chi connectivity index (χ3v) is 5.85. The van der Waals surface area contributed by atoms with Gasteiger partial charge < -0.3 is 28.8 Å². The van der Waals surface area contributed by atoms with Crippen LogP contribution >= 0.6 is 0 Å². The van der Waals surface area contributed by atoms with E-state index >= 15 is 0 Å². The normalized spacial score (nSPS) is 14.5. The maximum Gasteiger partial charge on any atom is 0.324 e. The summed E-state index contributed by atoms with van der Waals surface area (Å²) in [4.78, 5) is 15.1. The van der Waals surface area contributed by atoms with Gasteiger partial charge in [0.2, 0.25) is 5.95 Å². The fourth-order valence-electron chi connectivity index (χ4n) is 4.26. The zero-order chi connectivity index (χ0) is 24.6. The van der Waals surface area contributed by atoms with Gasteiger partial charge in [0.1, 0.15) is 17.2 Å². The third kappa shape index (κ3) is 6.13. The summed E-state index contributed by atoms with van der Waals surface area (Å²) >= 11 is 0. The minimum Gasteiger partial charge on any atom is -0.492 e. The number of nitrogens with one attached hydrogen (secondary N) is 1. The fraction of sp³-hybridized carbons (Fsp3) is 0.480. The molecular formula is C25H34N6O4. The molecule has 3 heterocycles. The molecule has 4 rings (SSSR count). The number of hydrogen-bond donors (Lipinski definition) is 1. The number of piperidine rings is 1. The second-order valence-electron chi connectivity index (χ2n) is 8.22. The SMILES string of the molecule is CCOc1cc(CN2CCC(Nc3nc(OC)nc(OC)n3)CC2)cc(OCC)c1-n1cccc1. The van der Waals surface area contributed by atoms with Gasteiger partial charge in [0.15, 0.2) is 0 Å². The molecule has 0 unspecified atom stereocenters. The van der Waals surface area contributed by atoms with Crippen molar-refractivity contribution in [1.82, 2.24) is 24.4 Å². The van der Waals surface area contributed by atoms with Crippen molar-refractivity contribution in [3.05, 3.63) is 42.2 Å². The molecule has 10 nitrogen and oxygen atoms in total. The minimum atomic E-state index is 0.232. The summed E-state index contributed by atoms with van der Waals surface area (Å²) in [5, 5.41) is 3.40. The van der Waals surface area contributed by atoms with Crippen LogP contribution in [0.4, 0.5) is 5.95 Å². The van der Waals surface area contributed by atoms with Crippen LogP contribution in [0, 0.1) is 0 Å². The summed E-state index contributed by atoms with van der Waals surface area (Å²) in [6.07, 6.45) is 5.95. The molecule has 0 amide bonds. The molecule has 0 aliphatic carbocycles. The first-order valence-electron chi connectivity index (χ1n) is 12.0. The number of hydrogen-bond acceptors (Lipinski definition) is 9. The van der Waals surface area contributed by atoms with E-state index in [-0.39, 0.29) is 18.1 Å². The molecule has 35 heavy (non-hydrogen) atoms. The monoisotopic (exact) mass is 482 g/mol. The van der Waals surface area contributed by atoms with Crippen molar-refractivity contribution in [2.75, 3.05) is 45.8 Å². The number of anilines is 1. The highest BCUT2D eigenvalue weighted by atomic mass is 16.5. The molecule has 0 bridgehead atoms. The first kappa shape index (κ1) is 24.6. The predicted octanol–water partition coefficient (Wildman–Crippen LogP) is 3.55. The maximum atomic E-state index is 6.03. The van der Waals surface area contributed by atoms with Gasteiger partial charge in [0, 0.05) is 38.1 Å². The minimum absolute atomic E-state index is 0.232. The first-order valence-corrected chi connectivity index (χ1v) is 12.0. The topological polar surface area (TPSA) is 95.8 Å². The van der Waals surface area contributed by atoms with E-state index in [1.165, 1.54) is 19.8 Å². The van der Waals surface area contributed by atoms with Gasteiger partial charge in [-0.3, -0.25) is 4.90 Å². The largest absolute Gasteiger partial charge is 0.492 e. The van der Waals surface area contributed by atoms with Gasteiger partial charge in [0.25, 0.3) is 0 Å². The van der Waals surface area contributed by atoms with Crippen LogP contribution in [0.25, 0.3) is 5.69 Å². The van der Waals surface area contributed by atoms with E-state index in [0.717, 1.165) is 49.7 Å². The Bertz CT molecular complexity index is 1030. The lowest BCUT2D eigenvalue weighted by molar-refractivity contribution is 0.210. The first-order chi connectivity index (χ1) is 17.1. The zero-order valence-corrected chi connectivity index (χ0v) is 20.9. The molecule has 1 aliphatic rings. The number of aromatic nitrogens is 4. The van der Waals surface area contributed by atoms with Crippen molar-refractivity contribution < 1.29 is 18.9 Å². The van der Waals surface area contributed by atoms with E-state index in [2.05, 4.69) is 37.3 Å². The van der Waals surface area contributed by atoms with Crippen LogP contribution in [-0.2, 0) is 6.54 Å². The number of likely N-dealkylation sites (tertiary alicyclic amines) is 1. The molecule has 1 fully saturated rings. The quantitative estimate of drug-likeness (QED) is 0.440. The van der Waals surface area contributed by atoms with Crippen molar-refractivity contribution in [3.63, 3.8) is 0 Å². The van der Waals surface area contributed by atoms with Crippen LogP contribution in [0.2, 0.25) is 0 Å². The lowest BCUT2D eigenvalue weighted by atomic mass is 10.0. The van der Waals surface area contributed by atoms with Crippen LogP contribution in [0.1, 0.15) is 32.3 Å². The molecule has 0 saturated carbocycles. The average Bonchev–Trinajstić information content (AvgIpc) is 3.40. The second kappa shape index (κ2) is 11.7. The number of methoxy groups -OCH3 is 2. The number of benzene rings is 1. The molecule has 10 heteroatoms. The molecule has 0 atom stereocenters. The Labute approximate surface area is 206 Å². The van der Waals surface area contributed by atoms with Crippen molar-refractivity contribution in [3.8, 4) is 29.2 Å². The highest BCUT2D eigenvalue weighted by Crippen LogP contribution is 2.35. The van der Waals surface area contributed by atoms with Crippen molar-refractivity contribution in [2.45, 2.75) is 39.3 Å². The van der Waals surface area contributed by atoms with E-state index in [9.17, 15) is 0 Å². The molecule has 3 aromatic rings. The van der Waals surface area contributed by atoms with Gasteiger partial charge in [-0.1, -0.05) is 0 Å². The van der Waals surface area contributed by atoms with E-state index in [0.29, 0.717) is 19.2 Å². The summed E-state index contributed by atoms with van der Waals surface area (Å²) < 4.78 is 24.4. The summed E-state index contributed by atoms with van der Waals surface area (Å²) in [5.74, 6) is 2.13.